The lowest BCUT2D eigenvalue weighted by atomic mass is 10.0. The third-order valence-corrected chi connectivity index (χ3v) is 12.2. The summed E-state index contributed by atoms with van der Waals surface area (Å²) in [7, 11) is 0. The second-order valence-corrected chi connectivity index (χ2v) is 18.2. The molecule has 1 aliphatic heterocycles. The Labute approximate surface area is 437 Å². The molecule has 4 rings (SSSR count). The summed E-state index contributed by atoms with van der Waals surface area (Å²) >= 11 is 0. The summed E-state index contributed by atoms with van der Waals surface area (Å²) in [6, 6.07) is 5.34. The molecule has 1 fully saturated rings. The maximum atomic E-state index is 14.6. The van der Waals surface area contributed by atoms with E-state index in [1.54, 1.807) is 60.8 Å². The second-order valence-electron chi connectivity index (χ2n) is 18.2. The van der Waals surface area contributed by atoms with Crippen LogP contribution in [0.2, 0.25) is 0 Å². The molecule has 0 aliphatic carbocycles. The van der Waals surface area contributed by atoms with Gasteiger partial charge >= 0.3 is 5.97 Å². The van der Waals surface area contributed by atoms with E-state index in [1.807, 2.05) is 0 Å². The van der Waals surface area contributed by atoms with Crippen molar-refractivity contribution in [3.8, 4) is 0 Å². The molecule has 1 aromatic heterocycles. The Morgan fingerprint density at radius 2 is 1.29 bits per heavy atom. The minimum Gasteiger partial charge on any atom is -0.480 e. The van der Waals surface area contributed by atoms with Crippen LogP contribution in [0.1, 0.15) is 82.3 Å². The molecule has 3 aromatic rings. The van der Waals surface area contributed by atoms with Crippen molar-refractivity contribution < 1.29 is 53.1 Å². The molecule has 412 valence electrons. The second kappa shape index (κ2) is 30.4. The van der Waals surface area contributed by atoms with Gasteiger partial charge in [-0.25, -0.2) is 4.79 Å². The molecule has 20 N–H and O–H groups in total. The van der Waals surface area contributed by atoms with E-state index in [0.29, 0.717) is 16.5 Å². The van der Waals surface area contributed by atoms with Gasteiger partial charge in [-0.3, -0.25) is 54.0 Å². The fourth-order valence-corrected chi connectivity index (χ4v) is 8.24. The summed E-state index contributed by atoms with van der Waals surface area (Å²) in [6.07, 6.45) is -0.257. The van der Waals surface area contributed by atoms with Gasteiger partial charge in [-0.1, -0.05) is 48.5 Å². The number of nitrogens with two attached hydrogens (primary N) is 3. The summed E-state index contributed by atoms with van der Waals surface area (Å²) in [5, 5.41) is 51.9. The number of carbonyl (C=O) groups is 10. The normalized spacial score (nSPS) is 20.9. The lowest BCUT2D eigenvalue weighted by molar-refractivity contribution is -0.142. The summed E-state index contributed by atoms with van der Waals surface area (Å²) < 4.78 is 0. The first-order chi connectivity index (χ1) is 36.2. The van der Waals surface area contributed by atoms with Crippen LogP contribution in [0.15, 0.2) is 60.8 Å². The van der Waals surface area contributed by atoms with Crippen LogP contribution >= 0.6 is 0 Å². The lowest BCUT2D eigenvalue weighted by Gasteiger charge is -2.28. The van der Waals surface area contributed by atoms with E-state index in [0.717, 1.165) is 5.52 Å². The number of H-pyrrole nitrogens is 1. The Morgan fingerprint density at radius 3 is 1.93 bits per heavy atom. The molecule has 27 nitrogen and oxygen atoms in total. The van der Waals surface area contributed by atoms with Crippen LogP contribution in [-0.4, -0.2) is 143 Å². The van der Waals surface area contributed by atoms with Gasteiger partial charge in [0.1, 0.15) is 42.3 Å². The van der Waals surface area contributed by atoms with Crippen molar-refractivity contribution in [2.75, 3.05) is 19.6 Å². The molecule has 1 unspecified atom stereocenters. The van der Waals surface area contributed by atoms with Gasteiger partial charge in [-0.2, -0.15) is 0 Å². The minimum atomic E-state index is -1.60. The van der Waals surface area contributed by atoms with Gasteiger partial charge in [0.2, 0.25) is 53.2 Å². The topological polar surface area (TPSA) is 453 Å². The van der Waals surface area contributed by atoms with Crippen LogP contribution < -0.4 is 70.4 Å². The van der Waals surface area contributed by atoms with Gasteiger partial charge in [-0.15, -0.1) is 0 Å². The van der Waals surface area contributed by atoms with E-state index in [9.17, 15) is 53.1 Å². The zero-order valence-corrected chi connectivity index (χ0v) is 42.2. The number of aromatic nitrogens is 1. The predicted molar refractivity (Wildman–Crippen MR) is 277 cm³/mol. The van der Waals surface area contributed by atoms with Crippen molar-refractivity contribution in [3.05, 3.63) is 71.9 Å². The standard InChI is InChI=1S/C49H70N16O11/c1-27(66)59-32(14-7-22-56-48(51)52)41(69)62-35-18-20-40(68)55-21-9-16-36(47(75)76)63-46(74)38(25-29-26-58-31-13-6-5-12-30(29)31)65-42(70)33(15-8-23-57-49(53)54)60-45(73)37(24-28-10-3-2-4-11-28)64-44(72)34(61-43(35)71)17-19-39(50)67/h2-6,10-13,26,32-38,58H,7-9,14-25H2,1H3,(H2,50,67)(H,55,68)(H,59,66)(H,60,73)(H,61,71)(H,62,69)(H,63,74)(H,64,72)(H,65,70)(H,75,76)(H4,51,52,56)(H4,53,54,57)/t32-,33-,34-,35-,36?,37+,38-/m0/s1. The van der Waals surface area contributed by atoms with Crippen molar-refractivity contribution in [3.63, 3.8) is 0 Å². The number of hydrogen-bond acceptors (Lipinski definition) is 12. The maximum Gasteiger partial charge on any atom is 0.326 e. The molecule has 0 radical (unpaired) electrons. The number of fused-ring (bicyclic) bond motifs is 1. The molecule has 7 atom stereocenters. The predicted octanol–water partition coefficient (Wildman–Crippen LogP) is -3.07. The van der Waals surface area contributed by atoms with E-state index in [2.05, 4.69) is 58.2 Å². The van der Waals surface area contributed by atoms with Gasteiger partial charge in [0.05, 0.1) is 0 Å². The molecule has 2 heterocycles. The van der Waals surface area contributed by atoms with Crippen molar-refractivity contribution in [1.82, 2.24) is 58.2 Å². The fraction of sp³-hybridized carbons (Fsp3) is 0.469. The SMILES string of the molecule is CC(=O)N[C@@H](CCCNC(=N)N)C(=O)N[C@H]1CCC(=O)NCCCC(C(=O)O)NC(=O)[C@H](Cc2c[nH]c3ccccc23)NC(=O)[C@H](CCCNC(=N)N)NC(=O)[C@@H](Cc2ccccc2)NC(=O)[C@H](CCC(N)=O)NC1=O. The highest BCUT2D eigenvalue weighted by Crippen LogP contribution is 2.20. The number of benzene rings is 2. The van der Waals surface area contributed by atoms with E-state index >= 15 is 0 Å². The molecule has 0 spiro atoms. The van der Waals surface area contributed by atoms with Crippen LogP contribution in [0.5, 0.6) is 0 Å². The van der Waals surface area contributed by atoms with Gasteiger partial charge in [0.15, 0.2) is 11.9 Å². The highest BCUT2D eigenvalue weighted by molar-refractivity contribution is 5.98. The maximum absolute atomic E-state index is 14.6. The van der Waals surface area contributed by atoms with Gasteiger partial charge in [0, 0.05) is 69.3 Å². The zero-order valence-electron chi connectivity index (χ0n) is 42.2. The van der Waals surface area contributed by atoms with E-state index < -0.39 is 121 Å². The molecule has 27 heteroatoms. The lowest BCUT2D eigenvalue weighted by Crippen LogP contribution is -2.60. The molecule has 0 bridgehead atoms. The Kier molecular flexibility index (Phi) is 23.9. The number of aromatic amines is 1. The summed E-state index contributed by atoms with van der Waals surface area (Å²) in [4.78, 5) is 139. The number of aliphatic carboxylic acids is 1. The third-order valence-electron chi connectivity index (χ3n) is 12.2. The number of nitrogens with one attached hydrogen (secondary N) is 13. The Hall–Kier alpha value is -8.78. The summed E-state index contributed by atoms with van der Waals surface area (Å²) in [6.45, 7) is 1.30. The van der Waals surface area contributed by atoms with E-state index in [4.69, 9.17) is 28.0 Å². The molecule has 9 amide bonds. The van der Waals surface area contributed by atoms with Gasteiger partial charge < -0.3 is 80.5 Å². The molecule has 1 aliphatic rings. The average Bonchev–Trinajstić information content (AvgIpc) is 3.78. The first-order valence-electron chi connectivity index (χ1n) is 24.8. The number of hydrogen-bond donors (Lipinski definition) is 17. The zero-order chi connectivity index (χ0) is 55.7. The molecular weight excluding hydrogens is 989 g/mol. The Bertz CT molecular complexity index is 2560. The van der Waals surface area contributed by atoms with Gasteiger partial charge in [0.25, 0.3) is 0 Å². The average molecular weight is 1060 g/mol. The highest BCUT2D eigenvalue weighted by Gasteiger charge is 2.35. The first kappa shape index (κ1) is 59.8. The Balaban J connectivity index is 1.78. The molecule has 76 heavy (non-hydrogen) atoms. The number of primary amides is 1. The van der Waals surface area contributed by atoms with Crippen LogP contribution in [0.4, 0.5) is 0 Å². The van der Waals surface area contributed by atoms with Crippen molar-refractivity contribution in [1.29, 1.82) is 10.8 Å². The number of carboxylic acids is 1. The molecule has 2 aromatic carbocycles. The molecular formula is C49H70N16O11. The number of amides is 9. The first-order valence-corrected chi connectivity index (χ1v) is 24.8. The van der Waals surface area contributed by atoms with Gasteiger partial charge in [-0.05, 0) is 68.6 Å². The largest absolute Gasteiger partial charge is 0.480 e. The summed E-state index contributed by atoms with van der Waals surface area (Å²) in [5.41, 5.74) is 18.2. The van der Waals surface area contributed by atoms with Crippen LogP contribution in [0, 0.1) is 10.8 Å². The Morgan fingerprint density at radius 1 is 0.711 bits per heavy atom. The number of guanidine groups is 2. The van der Waals surface area contributed by atoms with Crippen LogP contribution in [-0.2, 0) is 60.8 Å². The number of carbonyl (C=O) groups excluding carboxylic acids is 9. The smallest absolute Gasteiger partial charge is 0.326 e. The highest BCUT2D eigenvalue weighted by atomic mass is 16.4. The van der Waals surface area contributed by atoms with Crippen LogP contribution in [0.3, 0.4) is 0 Å². The molecule has 0 saturated carbocycles. The van der Waals surface area contributed by atoms with E-state index in [-0.39, 0.29) is 89.3 Å². The number of para-hydroxylation sites is 1. The van der Waals surface area contributed by atoms with Crippen molar-refractivity contribution in [2.24, 2.45) is 17.2 Å². The summed E-state index contributed by atoms with van der Waals surface area (Å²) in [5.74, 6) is -9.69. The quantitative estimate of drug-likeness (QED) is 0.0322. The monoisotopic (exact) mass is 1060 g/mol. The van der Waals surface area contributed by atoms with Crippen molar-refractivity contribution in [2.45, 2.75) is 126 Å². The van der Waals surface area contributed by atoms with E-state index in [1.165, 1.54) is 6.92 Å². The fourth-order valence-electron chi connectivity index (χ4n) is 8.24. The minimum absolute atomic E-state index is 0.00931. The van der Waals surface area contributed by atoms with Crippen LogP contribution in [0.25, 0.3) is 10.9 Å². The number of carboxylic acid groups (broad SMARTS) is 1. The number of rotatable bonds is 19. The third kappa shape index (κ3) is 20.6. The molecule has 1 saturated heterocycles. The van der Waals surface area contributed by atoms with Crippen molar-refractivity contribution >= 4 is 82.0 Å².